The first kappa shape index (κ1) is 16.0. The number of halogens is 1. The van der Waals surface area contributed by atoms with E-state index in [1.165, 1.54) is 4.88 Å². The second-order valence-corrected chi connectivity index (χ2v) is 6.32. The molecule has 1 heterocycles. The van der Waals surface area contributed by atoms with E-state index in [-0.39, 0.29) is 18.3 Å². The first-order valence-electron chi connectivity index (χ1n) is 6.92. The minimum atomic E-state index is -0.682. The number of nitrogens with two attached hydrogens (primary N) is 1. The van der Waals surface area contributed by atoms with Crippen LogP contribution in [0.4, 0.5) is 5.69 Å². The number of rotatable bonds is 3. The summed E-state index contributed by atoms with van der Waals surface area (Å²) in [6.07, 6.45) is 3.64. The third kappa shape index (κ3) is 3.46. The predicted molar refractivity (Wildman–Crippen MR) is 91.0 cm³/mol. The smallest absolute Gasteiger partial charge is 0.244 e. The van der Waals surface area contributed by atoms with Crippen molar-refractivity contribution in [1.82, 2.24) is 0 Å². The lowest BCUT2D eigenvalue weighted by Crippen LogP contribution is -2.48. The lowest BCUT2D eigenvalue weighted by molar-refractivity contribution is -0.121. The summed E-state index contributed by atoms with van der Waals surface area (Å²) in [6, 6.07) is 12.0. The largest absolute Gasteiger partial charge is 0.324 e. The van der Waals surface area contributed by atoms with Crippen molar-refractivity contribution in [2.75, 3.05) is 5.32 Å². The summed E-state index contributed by atoms with van der Waals surface area (Å²) < 4.78 is 0. The van der Waals surface area contributed by atoms with E-state index in [9.17, 15) is 4.79 Å². The Morgan fingerprint density at radius 3 is 2.62 bits per heavy atom. The molecule has 3 rings (SSSR count). The number of hydrogen-bond acceptors (Lipinski definition) is 3. The molecule has 1 amide bonds. The molecule has 3 nitrogen and oxygen atoms in total. The van der Waals surface area contributed by atoms with Gasteiger partial charge in [0, 0.05) is 10.6 Å². The van der Waals surface area contributed by atoms with E-state index in [0.29, 0.717) is 0 Å². The fourth-order valence-electron chi connectivity index (χ4n) is 2.68. The molecule has 21 heavy (non-hydrogen) atoms. The molecule has 0 unspecified atom stereocenters. The highest BCUT2D eigenvalue weighted by atomic mass is 35.5. The molecule has 112 valence electrons. The zero-order chi connectivity index (χ0) is 14.0. The maximum absolute atomic E-state index is 12.3. The summed E-state index contributed by atoms with van der Waals surface area (Å²) in [5.74, 6) is -0.0571. The summed E-state index contributed by atoms with van der Waals surface area (Å²) >= 11 is 1.69. The zero-order valence-electron chi connectivity index (χ0n) is 11.7. The van der Waals surface area contributed by atoms with Crippen LogP contribution in [0, 0.1) is 0 Å². The molecule has 2 aromatic rings. The number of carbonyl (C=O) groups is 1. The van der Waals surface area contributed by atoms with Crippen molar-refractivity contribution in [2.24, 2.45) is 5.73 Å². The maximum Gasteiger partial charge on any atom is 0.244 e. The lowest BCUT2D eigenvalue weighted by atomic mass is 9.98. The highest BCUT2D eigenvalue weighted by molar-refractivity contribution is 7.13. The second-order valence-electron chi connectivity index (χ2n) is 5.38. The van der Waals surface area contributed by atoms with Gasteiger partial charge in [0.1, 0.15) is 0 Å². The number of amides is 1. The van der Waals surface area contributed by atoms with Crippen molar-refractivity contribution in [3.63, 3.8) is 0 Å². The molecule has 0 bridgehead atoms. The van der Waals surface area contributed by atoms with E-state index in [2.05, 4.69) is 17.4 Å². The molecule has 0 radical (unpaired) electrons. The predicted octanol–water partition coefficient (Wildman–Crippen LogP) is 4.05. The third-order valence-electron chi connectivity index (χ3n) is 3.87. The molecule has 0 saturated heterocycles. The van der Waals surface area contributed by atoms with E-state index < -0.39 is 5.54 Å². The molecule has 0 aliphatic heterocycles. The molecule has 5 heteroatoms. The van der Waals surface area contributed by atoms with Crippen LogP contribution in [0.3, 0.4) is 0 Å². The van der Waals surface area contributed by atoms with Crippen LogP contribution in [0.25, 0.3) is 10.4 Å². The summed E-state index contributed by atoms with van der Waals surface area (Å²) in [6.45, 7) is 0. The highest BCUT2D eigenvalue weighted by Gasteiger charge is 2.36. The second kappa shape index (κ2) is 6.60. The van der Waals surface area contributed by atoms with Crippen molar-refractivity contribution in [3.05, 3.63) is 41.8 Å². The number of thiophene rings is 1. The Morgan fingerprint density at radius 1 is 1.19 bits per heavy atom. The van der Waals surface area contributed by atoms with Gasteiger partial charge in [-0.3, -0.25) is 4.79 Å². The van der Waals surface area contributed by atoms with Gasteiger partial charge in [-0.1, -0.05) is 31.0 Å². The average molecular weight is 323 g/mol. The van der Waals surface area contributed by atoms with Gasteiger partial charge in [0.15, 0.2) is 0 Å². The Bertz CT molecular complexity index is 606. The van der Waals surface area contributed by atoms with Gasteiger partial charge in [-0.15, -0.1) is 23.7 Å². The third-order valence-corrected chi connectivity index (χ3v) is 4.79. The first-order valence-corrected chi connectivity index (χ1v) is 7.80. The van der Waals surface area contributed by atoms with Gasteiger partial charge >= 0.3 is 0 Å². The van der Waals surface area contributed by atoms with Gasteiger partial charge in [0.05, 0.1) is 5.54 Å². The minimum Gasteiger partial charge on any atom is -0.324 e. The van der Waals surface area contributed by atoms with Crippen molar-refractivity contribution in [3.8, 4) is 10.4 Å². The summed E-state index contributed by atoms with van der Waals surface area (Å²) in [7, 11) is 0. The molecule has 3 N–H and O–H groups in total. The van der Waals surface area contributed by atoms with Gasteiger partial charge in [-0.2, -0.15) is 0 Å². The van der Waals surface area contributed by atoms with Crippen molar-refractivity contribution in [2.45, 2.75) is 31.2 Å². The lowest BCUT2D eigenvalue weighted by Gasteiger charge is -2.22. The first-order chi connectivity index (χ1) is 9.67. The fourth-order valence-corrected chi connectivity index (χ4v) is 3.41. The van der Waals surface area contributed by atoms with E-state index in [1.54, 1.807) is 11.3 Å². The minimum absolute atomic E-state index is 0. The Hall–Kier alpha value is -1.36. The van der Waals surface area contributed by atoms with Crippen LogP contribution in [-0.2, 0) is 4.79 Å². The van der Waals surface area contributed by atoms with Crippen LogP contribution in [0.2, 0.25) is 0 Å². The average Bonchev–Trinajstić information content (AvgIpc) is 3.11. The molecular formula is C16H19ClN2OS. The maximum atomic E-state index is 12.3. The van der Waals surface area contributed by atoms with Crippen LogP contribution < -0.4 is 11.1 Å². The molecule has 0 atom stereocenters. The zero-order valence-corrected chi connectivity index (χ0v) is 13.3. The fraction of sp³-hybridized carbons (Fsp3) is 0.312. The van der Waals surface area contributed by atoms with Crippen LogP contribution in [0.1, 0.15) is 25.7 Å². The normalized spacial score (nSPS) is 16.2. The molecule has 1 aromatic heterocycles. The van der Waals surface area contributed by atoms with Crippen LogP contribution in [0.5, 0.6) is 0 Å². The Balaban J connectivity index is 0.00000161. The molecule has 1 aliphatic rings. The van der Waals surface area contributed by atoms with E-state index >= 15 is 0 Å². The summed E-state index contributed by atoms with van der Waals surface area (Å²) in [5.41, 5.74) is 7.43. The van der Waals surface area contributed by atoms with Gasteiger partial charge in [0.2, 0.25) is 5.91 Å². The molecule has 1 aromatic carbocycles. The Labute approximate surface area is 135 Å². The molecule has 0 spiro atoms. The summed E-state index contributed by atoms with van der Waals surface area (Å²) in [5, 5.41) is 5.02. The number of nitrogens with one attached hydrogen (secondary N) is 1. The quantitative estimate of drug-likeness (QED) is 0.895. The molecule has 1 fully saturated rings. The van der Waals surface area contributed by atoms with Crippen molar-refractivity contribution in [1.29, 1.82) is 0 Å². The van der Waals surface area contributed by atoms with Gasteiger partial charge in [-0.05, 0) is 42.0 Å². The highest BCUT2D eigenvalue weighted by Crippen LogP contribution is 2.30. The van der Waals surface area contributed by atoms with Gasteiger partial charge < -0.3 is 11.1 Å². The van der Waals surface area contributed by atoms with Crippen LogP contribution in [0.15, 0.2) is 41.8 Å². The topological polar surface area (TPSA) is 55.1 Å². The van der Waals surface area contributed by atoms with Crippen molar-refractivity contribution >= 4 is 35.3 Å². The number of anilines is 1. The van der Waals surface area contributed by atoms with Crippen LogP contribution >= 0.6 is 23.7 Å². The van der Waals surface area contributed by atoms with E-state index in [1.807, 2.05) is 29.6 Å². The van der Waals surface area contributed by atoms with E-state index in [0.717, 1.165) is 36.9 Å². The molecule has 1 aliphatic carbocycles. The molecule has 1 saturated carbocycles. The van der Waals surface area contributed by atoms with Gasteiger partial charge in [0.25, 0.3) is 0 Å². The number of carbonyl (C=O) groups excluding carboxylic acids is 1. The standard InChI is InChI=1S/C16H18N2OS.ClH/c17-16(8-1-2-9-16)15(19)18-13-6-3-5-12(11-13)14-7-4-10-20-14;/h3-7,10-11H,1-2,8-9,17H2,(H,18,19);1H. The number of benzene rings is 1. The molecular weight excluding hydrogens is 304 g/mol. The SMILES string of the molecule is Cl.NC1(C(=O)Nc2cccc(-c3cccs3)c2)CCCC1. The Kier molecular flexibility index (Phi) is 5.04. The van der Waals surface area contributed by atoms with Crippen LogP contribution in [-0.4, -0.2) is 11.4 Å². The van der Waals surface area contributed by atoms with E-state index in [4.69, 9.17) is 5.73 Å². The number of hydrogen-bond donors (Lipinski definition) is 2. The summed E-state index contributed by atoms with van der Waals surface area (Å²) in [4.78, 5) is 13.5. The van der Waals surface area contributed by atoms with Gasteiger partial charge in [-0.25, -0.2) is 0 Å². The monoisotopic (exact) mass is 322 g/mol. The Morgan fingerprint density at radius 2 is 1.95 bits per heavy atom. The van der Waals surface area contributed by atoms with Crippen molar-refractivity contribution < 1.29 is 4.79 Å².